The Morgan fingerprint density at radius 2 is 1.84 bits per heavy atom. The molecule has 2 amide bonds. The fourth-order valence-corrected chi connectivity index (χ4v) is 6.16. The van der Waals surface area contributed by atoms with E-state index in [0.717, 1.165) is 56.2 Å². The molecule has 10 heteroatoms. The van der Waals surface area contributed by atoms with Crippen molar-refractivity contribution in [1.82, 2.24) is 19.2 Å². The minimum Gasteiger partial charge on any atom is -0.331 e. The molecule has 1 atom stereocenters. The van der Waals surface area contributed by atoms with Gasteiger partial charge < -0.3 is 4.90 Å². The zero-order chi connectivity index (χ0) is 22.3. The topological polar surface area (TPSA) is 104 Å². The van der Waals surface area contributed by atoms with E-state index < -0.39 is 10.0 Å². The average Bonchev–Trinajstić information content (AvgIpc) is 3.32. The zero-order valence-corrected chi connectivity index (χ0v) is 19.3. The van der Waals surface area contributed by atoms with Crippen LogP contribution in [0.5, 0.6) is 0 Å². The van der Waals surface area contributed by atoms with Crippen LogP contribution in [-0.4, -0.2) is 71.8 Å². The van der Waals surface area contributed by atoms with E-state index in [9.17, 15) is 18.0 Å². The number of aromatic nitrogens is 2. The fraction of sp³-hybridized carbons (Fsp3) is 0.714. The summed E-state index contributed by atoms with van der Waals surface area (Å²) >= 11 is 0. The molecule has 0 radical (unpaired) electrons. The van der Waals surface area contributed by atoms with Crippen molar-refractivity contribution in [3.63, 3.8) is 0 Å². The van der Waals surface area contributed by atoms with Gasteiger partial charge in [0.25, 0.3) is 0 Å². The van der Waals surface area contributed by atoms with Crippen LogP contribution in [-0.2, 0) is 26.0 Å². The van der Waals surface area contributed by atoms with Crippen molar-refractivity contribution in [2.45, 2.75) is 70.4 Å². The van der Waals surface area contributed by atoms with E-state index in [1.54, 1.807) is 16.8 Å². The molecule has 0 N–H and O–H groups in total. The van der Waals surface area contributed by atoms with Gasteiger partial charge >= 0.3 is 0 Å². The summed E-state index contributed by atoms with van der Waals surface area (Å²) in [6, 6.07) is -0.403. The van der Waals surface area contributed by atoms with Crippen LogP contribution < -0.4 is 4.90 Å². The minimum absolute atomic E-state index is 0.0137. The Labute approximate surface area is 183 Å². The monoisotopic (exact) mass is 449 g/mol. The van der Waals surface area contributed by atoms with E-state index in [2.05, 4.69) is 9.97 Å². The molecule has 0 aromatic carbocycles. The second-order valence-corrected chi connectivity index (χ2v) is 10.9. The lowest BCUT2D eigenvalue weighted by atomic mass is 9.95. The molecule has 1 aromatic rings. The number of aryl methyl sites for hydroxylation is 1. The summed E-state index contributed by atoms with van der Waals surface area (Å²) in [5.74, 6) is 0.934. The largest absolute Gasteiger partial charge is 0.331 e. The number of hydrogen-bond donors (Lipinski definition) is 0. The molecule has 1 saturated heterocycles. The Bertz CT molecular complexity index is 990. The highest BCUT2D eigenvalue weighted by molar-refractivity contribution is 7.88. The number of carbonyl (C=O) groups excluding carboxylic acids is 2. The van der Waals surface area contributed by atoms with Crippen LogP contribution in [0.15, 0.2) is 0 Å². The number of fused-ring (bicyclic) bond motifs is 1. The molecule has 3 aliphatic rings. The van der Waals surface area contributed by atoms with Crippen molar-refractivity contribution in [3.05, 3.63) is 17.1 Å². The molecule has 2 fully saturated rings. The third-order valence-corrected chi connectivity index (χ3v) is 8.08. The summed E-state index contributed by atoms with van der Waals surface area (Å²) in [7, 11) is -1.78. The second-order valence-electron chi connectivity index (χ2n) is 8.94. The number of sulfonamides is 1. The van der Waals surface area contributed by atoms with Crippen LogP contribution in [0.1, 0.15) is 68.1 Å². The first-order chi connectivity index (χ1) is 14.7. The summed E-state index contributed by atoms with van der Waals surface area (Å²) in [4.78, 5) is 37.9. The van der Waals surface area contributed by atoms with E-state index in [0.29, 0.717) is 24.6 Å². The standard InChI is InChI=1S/C21H31N5O4S/c1-14-16-12-18(27)24(2)21(16)23-20(22-14)17-10-7-11-25(17)19(28)13-26(31(3,29)30)15-8-5-4-6-9-15/h15,17H,4-13H2,1-3H3. The molecule has 0 spiro atoms. The van der Waals surface area contributed by atoms with E-state index in [-0.39, 0.29) is 30.4 Å². The first kappa shape index (κ1) is 22.1. The fourth-order valence-electron chi connectivity index (χ4n) is 5.07. The summed E-state index contributed by atoms with van der Waals surface area (Å²) in [6.45, 7) is 2.29. The van der Waals surface area contributed by atoms with E-state index in [4.69, 9.17) is 0 Å². The van der Waals surface area contributed by atoms with Crippen LogP contribution in [0, 0.1) is 6.92 Å². The lowest BCUT2D eigenvalue weighted by Crippen LogP contribution is -2.47. The average molecular weight is 450 g/mol. The predicted molar refractivity (Wildman–Crippen MR) is 116 cm³/mol. The van der Waals surface area contributed by atoms with Crippen molar-refractivity contribution in [1.29, 1.82) is 0 Å². The molecular formula is C21H31N5O4S. The summed E-state index contributed by atoms with van der Waals surface area (Å²) in [6.07, 6.45) is 7.73. The number of likely N-dealkylation sites (tertiary alicyclic amines) is 1. The molecule has 4 rings (SSSR count). The number of likely N-dealkylation sites (N-methyl/N-ethyl adjacent to an activating group) is 1. The van der Waals surface area contributed by atoms with Crippen molar-refractivity contribution in [2.75, 3.05) is 31.3 Å². The van der Waals surface area contributed by atoms with Gasteiger partial charge in [0.05, 0.1) is 25.3 Å². The number of anilines is 1. The number of amides is 2. The van der Waals surface area contributed by atoms with Gasteiger partial charge in [-0.1, -0.05) is 19.3 Å². The van der Waals surface area contributed by atoms with Gasteiger partial charge in [-0.15, -0.1) is 0 Å². The maximum absolute atomic E-state index is 13.3. The molecule has 170 valence electrons. The highest BCUT2D eigenvalue weighted by Gasteiger charge is 2.38. The maximum atomic E-state index is 13.3. The van der Waals surface area contributed by atoms with E-state index in [1.807, 2.05) is 6.92 Å². The van der Waals surface area contributed by atoms with Crippen LogP contribution in [0.3, 0.4) is 0 Å². The van der Waals surface area contributed by atoms with Gasteiger partial charge in [0, 0.05) is 30.9 Å². The van der Waals surface area contributed by atoms with Gasteiger partial charge in [0.15, 0.2) is 5.82 Å². The SMILES string of the molecule is Cc1nc(C2CCCN2C(=O)CN(C2CCCCC2)S(C)(=O)=O)nc2c1CC(=O)N2C. The number of hydrogen-bond acceptors (Lipinski definition) is 6. The molecule has 31 heavy (non-hydrogen) atoms. The summed E-state index contributed by atoms with van der Waals surface area (Å²) in [5, 5.41) is 0. The van der Waals surface area contributed by atoms with Crippen molar-refractivity contribution >= 4 is 27.7 Å². The molecule has 9 nitrogen and oxygen atoms in total. The van der Waals surface area contributed by atoms with Crippen molar-refractivity contribution in [3.8, 4) is 0 Å². The Hall–Kier alpha value is -2.07. The van der Waals surface area contributed by atoms with Crippen LogP contribution in [0.2, 0.25) is 0 Å². The molecule has 1 saturated carbocycles. The lowest BCUT2D eigenvalue weighted by molar-refractivity contribution is -0.133. The highest BCUT2D eigenvalue weighted by atomic mass is 32.2. The normalized spacial score (nSPS) is 22.5. The first-order valence-electron chi connectivity index (χ1n) is 11.1. The van der Waals surface area contributed by atoms with Gasteiger partial charge in [0.1, 0.15) is 5.82 Å². The van der Waals surface area contributed by atoms with E-state index >= 15 is 0 Å². The summed E-state index contributed by atoms with van der Waals surface area (Å²) in [5.41, 5.74) is 1.60. The van der Waals surface area contributed by atoms with Crippen LogP contribution in [0.4, 0.5) is 5.82 Å². The van der Waals surface area contributed by atoms with Gasteiger partial charge in [-0.05, 0) is 32.6 Å². The maximum Gasteiger partial charge on any atom is 0.238 e. The molecule has 0 bridgehead atoms. The quantitative estimate of drug-likeness (QED) is 0.676. The number of carbonyl (C=O) groups is 2. The Morgan fingerprint density at radius 3 is 2.52 bits per heavy atom. The van der Waals surface area contributed by atoms with E-state index in [1.165, 1.54) is 10.6 Å². The lowest BCUT2D eigenvalue weighted by Gasteiger charge is -2.34. The van der Waals surface area contributed by atoms with Crippen LogP contribution in [0.25, 0.3) is 0 Å². The predicted octanol–water partition coefficient (Wildman–Crippen LogP) is 1.56. The van der Waals surface area contributed by atoms with Crippen molar-refractivity contribution in [2.24, 2.45) is 0 Å². The van der Waals surface area contributed by atoms with Crippen molar-refractivity contribution < 1.29 is 18.0 Å². The third kappa shape index (κ3) is 4.32. The second kappa shape index (κ2) is 8.46. The Kier molecular flexibility index (Phi) is 6.04. The van der Waals surface area contributed by atoms with Gasteiger partial charge in [-0.2, -0.15) is 4.31 Å². The Morgan fingerprint density at radius 1 is 1.13 bits per heavy atom. The molecule has 2 aliphatic heterocycles. The minimum atomic E-state index is -3.49. The van der Waals surface area contributed by atoms with Crippen LogP contribution >= 0.6 is 0 Å². The molecule has 1 aromatic heterocycles. The smallest absolute Gasteiger partial charge is 0.238 e. The Balaban J connectivity index is 1.56. The molecule has 1 aliphatic carbocycles. The number of nitrogens with zero attached hydrogens (tertiary/aromatic N) is 5. The van der Waals surface area contributed by atoms with Gasteiger partial charge in [-0.3, -0.25) is 14.5 Å². The highest BCUT2D eigenvalue weighted by Crippen LogP contribution is 2.35. The first-order valence-corrected chi connectivity index (χ1v) is 12.9. The molecule has 3 heterocycles. The van der Waals surface area contributed by atoms with Gasteiger partial charge in [0.2, 0.25) is 21.8 Å². The molecule has 1 unspecified atom stereocenters. The summed E-state index contributed by atoms with van der Waals surface area (Å²) < 4.78 is 26.3. The number of rotatable bonds is 5. The van der Waals surface area contributed by atoms with Gasteiger partial charge in [-0.25, -0.2) is 18.4 Å². The third-order valence-electron chi connectivity index (χ3n) is 6.80. The molecular weight excluding hydrogens is 418 g/mol. The zero-order valence-electron chi connectivity index (χ0n) is 18.5.